The fourth-order valence-corrected chi connectivity index (χ4v) is 1.48. The summed E-state index contributed by atoms with van der Waals surface area (Å²) in [5.74, 6) is 0. The average Bonchev–Trinajstić information content (AvgIpc) is 2.37. The number of rotatable bonds is 4. The lowest BCUT2D eigenvalue weighted by Crippen LogP contribution is -2.22. The summed E-state index contributed by atoms with van der Waals surface area (Å²) in [6.07, 6.45) is 5.33. The molecule has 0 heterocycles. The van der Waals surface area contributed by atoms with Crippen molar-refractivity contribution in [2.75, 3.05) is 6.61 Å². The molecule has 0 saturated heterocycles. The molecular weight excluding hydrogens is 140 g/mol. The second kappa shape index (κ2) is 4.73. The van der Waals surface area contributed by atoms with Crippen LogP contribution in [0.5, 0.6) is 0 Å². The molecule has 0 aromatic rings. The summed E-state index contributed by atoms with van der Waals surface area (Å²) < 4.78 is 5.51. The third kappa shape index (κ3) is 2.80. The highest BCUT2D eigenvalue weighted by molar-refractivity contribution is 4.76. The molecule has 0 aromatic carbocycles. The third-order valence-corrected chi connectivity index (χ3v) is 2.25. The molecule has 0 aromatic heterocycles. The van der Waals surface area contributed by atoms with Crippen LogP contribution >= 0.6 is 0 Å². The van der Waals surface area contributed by atoms with Gasteiger partial charge in [0.2, 0.25) is 0 Å². The minimum absolute atomic E-state index is 0.140. The summed E-state index contributed by atoms with van der Waals surface area (Å²) in [6, 6.07) is 0. The van der Waals surface area contributed by atoms with Gasteiger partial charge in [-0.1, -0.05) is 13.3 Å². The zero-order valence-electron chi connectivity index (χ0n) is 7.25. The minimum atomic E-state index is -0.188. The molecule has 1 saturated carbocycles. The van der Waals surface area contributed by atoms with Gasteiger partial charge in [-0.05, 0) is 25.7 Å². The van der Waals surface area contributed by atoms with Crippen molar-refractivity contribution in [3.8, 4) is 0 Å². The van der Waals surface area contributed by atoms with Crippen molar-refractivity contribution in [2.45, 2.75) is 51.2 Å². The van der Waals surface area contributed by atoms with Crippen molar-refractivity contribution in [1.82, 2.24) is 0 Å². The van der Waals surface area contributed by atoms with E-state index in [9.17, 15) is 5.11 Å². The maximum Gasteiger partial charge on any atom is 0.0833 e. The molecule has 0 bridgehead atoms. The van der Waals surface area contributed by atoms with Gasteiger partial charge in [0.1, 0.15) is 0 Å². The molecule has 2 atom stereocenters. The summed E-state index contributed by atoms with van der Waals surface area (Å²) >= 11 is 0. The van der Waals surface area contributed by atoms with E-state index in [0.29, 0.717) is 0 Å². The quantitative estimate of drug-likeness (QED) is 0.631. The standard InChI is InChI=1S/C9H18O2/c1-2-3-7-11-9-6-4-5-8(9)10/h8-10H,2-7H2,1H3/t8?,9-/m0/s1. The van der Waals surface area contributed by atoms with Crippen molar-refractivity contribution >= 4 is 0 Å². The van der Waals surface area contributed by atoms with Crippen LogP contribution in [0, 0.1) is 0 Å². The Bertz CT molecular complexity index is 104. The van der Waals surface area contributed by atoms with Crippen LogP contribution in [0.4, 0.5) is 0 Å². The Balaban J connectivity index is 2.05. The van der Waals surface area contributed by atoms with Gasteiger partial charge in [-0.15, -0.1) is 0 Å². The lowest BCUT2D eigenvalue weighted by Gasteiger charge is -2.14. The van der Waals surface area contributed by atoms with Crippen LogP contribution in [0.3, 0.4) is 0 Å². The van der Waals surface area contributed by atoms with Crippen LogP contribution in [0.15, 0.2) is 0 Å². The Labute approximate surface area is 68.6 Å². The molecule has 1 aliphatic carbocycles. The van der Waals surface area contributed by atoms with Crippen LogP contribution in [0.1, 0.15) is 39.0 Å². The van der Waals surface area contributed by atoms with E-state index < -0.39 is 0 Å². The molecule has 1 unspecified atom stereocenters. The second-order valence-electron chi connectivity index (χ2n) is 3.26. The maximum atomic E-state index is 9.36. The average molecular weight is 158 g/mol. The van der Waals surface area contributed by atoms with Crippen LogP contribution < -0.4 is 0 Å². The van der Waals surface area contributed by atoms with E-state index in [0.717, 1.165) is 32.3 Å². The highest BCUT2D eigenvalue weighted by atomic mass is 16.5. The van der Waals surface area contributed by atoms with Gasteiger partial charge in [0.05, 0.1) is 12.2 Å². The van der Waals surface area contributed by atoms with Crippen LogP contribution in [0.25, 0.3) is 0 Å². The van der Waals surface area contributed by atoms with Crippen LogP contribution in [-0.2, 0) is 4.74 Å². The van der Waals surface area contributed by atoms with Gasteiger partial charge >= 0.3 is 0 Å². The molecule has 2 heteroatoms. The van der Waals surface area contributed by atoms with E-state index in [1.165, 1.54) is 6.42 Å². The van der Waals surface area contributed by atoms with Gasteiger partial charge in [0.15, 0.2) is 0 Å². The summed E-state index contributed by atoms with van der Waals surface area (Å²) in [6.45, 7) is 2.96. The first-order chi connectivity index (χ1) is 5.34. The highest BCUT2D eigenvalue weighted by Crippen LogP contribution is 2.21. The molecule has 1 fully saturated rings. The van der Waals surface area contributed by atoms with Crippen molar-refractivity contribution in [2.24, 2.45) is 0 Å². The molecule has 0 amide bonds. The Kier molecular flexibility index (Phi) is 3.87. The van der Waals surface area contributed by atoms with E-state index in [1.807, 2.05) is 0 Å². The second-order valence-corrected chi connectivity index (χ2v) is 3.26. The smallest absolute Gasteiger partial charge is 0.0833 e. The number of unbranched alkanes of at least 4 members (excludes halogenated alkanes) is 1. The SMILES string of the molecule is CCCCO[C@H]1CCCC1O. The van der Waals surface area contributed by atoms with Crippen molar-refractivity contribution < 1.29 is 9.84 Å². The van der Waals surface area contributed by atoms with Gasteiger partial charge in [-0.3, -0.25) is 0 Å². The van der Waals surface area contributed by atoms with Gasteiger partial charge < -0.3 is 9.84 Å². The highest BCUT2D eigenvalue weighted by Gasteiger charge is 2.25. The van der Waals surface area contributed by atoms with Gasteiger partial charge in [-0.25, -0.2) is 0 Å². The normalized spacial score (nSPS) is 31.1. The Hall–Kier alpha value is -0.0800. The van der Waals surface area contributed by atoms with Crippen molar-refractivity contribution in [1.29, 1.82) is 0 Å². The molecule has 1 rings (SSSR count). The molecule has 2 nitrogen and oxygen atoms in total. The topological polar surface area (TPSA) is 29.5 Å². The third-order valence-electron chi connectivity index (χ3n) is 2.25. The van der Waals surface area contributed by atoms with E-state index in [4.69, 9.17) is 4.74 Å². The summed E-state index contributed by atoms with van der Waals surface area (Å²) in [5, 5.41) is 9.36. The largest absolute Gasteiger partial charge is 0.390 e. The van der Waals surface area contributed by atoms with E-state index >= 15 is 0 Å². The molecule has 1 aliphatic rings. The molecular formula is C9H18O2. The lowest BCUT2D eigenvalue weighted by atomic mass is 10.2. The van der Waals surface area contributed by atoms with E-state index in [-0.39, 0.29) is 12.2 Å². The van der Waals surface area contributed by atoms with Crippen LogP contribution in [0.2, 0.25) is 0 Å². The molecule has 1 N–H and O–H groups in total. The molecule has 11 heavy (non-hydrogen) atoms. The number of hydrogen-bond donors (Lipinski definition) is 1. The first-order valence-corrected chi connectivity index (χ1v) is 4.64. The zero-order chi connectivity index (χ0) is 8.10. The van der Waals surface area contributed by atoms with Gasteiger partial charge in [0.25, 0.3) is 0 Å². The Morgan fingerprint density at radius 1 is 1.45 bits per heavy atom. The predicted molar refractivity (Wildman–Crippen MR) is 44.5 cm³/mol. The zero-order valence-corrected chi connectivity index (χ0v) is 7.25. The maximum absolute atomic E-state index is 9.36. The molecule has 0 radical (unpaired) electrons. The van der Waals surface area contributed by atoms with E-state index in [2.05, 4.69) is 6.92 Å². The monoisotopic (exact) mass is 158 g/mol. The first kappa shape index (κ1) is 9.01. The number of aliphatic hydroxyl groups excluding tert-OH is 1. The predicted octanol–water partition coefficient (Wildman–Crippen LogP) is 1.72. The van der Waals surface area contributed by atoms with Gasteiger partial charge in [0, 0.05) is 6.61 Å². The molecule has 0 spiro atoms. The molecule has 66 valence electrons. The minimum Gasteiger partial charge on any atom is -0.390 e. The fraction of sp³-hybridized carbons (Fsp3) is 1.00. The number of hydrogen-bond acceptors (Lipinski definition) is 2. The Morgan fingerprint density at radius 3 is 2.82 bits per heavy atom. The summed E-state index contributed by atoms with van der Waals surface area (Å²) in [5.41, 5.74) is 0. The van der Waals surface area contributed by atoms with Crippen molar-refractivity contribution in [3.63, 3.8) is 0 Å². The lowest BCUT2D eigenvalue weighted by molar-refractivity contribution is -0.0193. The summed E-state index contributed by atoms with van der Waals surface area (Å²) in [7, 11) is 0. The van der Waals surface area contributed by atoms with Crippen LogP contribution in [-0.4, -0.2) is 23.9 Å². The number of aliphatic hydroxyl groups is 1. The Morgan fingerprint density at radius 2 is 2.27 bits per heavy atom. The fourth-order valence-electron chi connectivity index (χ4n) is 1.48. The van der Waals surface area contributed by atoms with E-state index in [1.54, 1.807) is 0 Å². The first-order valence-electron chi connectivity index (χ1n) is 4.64. The number of ether oxygens (including phenoxy) is 1. The summed E-state index contributed by atoms with van der Waals surface area (Å²) in [4.78, 5) is 0. The van der Waals surface area contributed by atoms with Crippen molar-refractivity contribution in [3.05, 3.63) is 0 Å². The van der Waals surface area contributed by atoms with Gasteiger partial charge in [-0.2, -0.15) is 0 Å². The molecule has 0 aliphatic heterocycles.